The van der Waals surface area contributed by atoms with Gasteiger partial charge in [-0.25, -0.2) is 4.79 Å². The number of hydrogen-bond donors (Lipinski definition) is 2. The summed E-state index contributed by atoms with van der Waals surface area (Å²) in [7, 11) is 3.58. The van der Waals surface area contributed by atoms with Crippen LogP contribution in [0.4, 0.5) is 16.2 Å². The molecule has 1 aliphatic rings. The maximum absolute atomic E-state index is 12.3. The maximum Gasteiger partial charge on any atom is 0.494 e. The van der Waals surface area contributed by atoms with E-state index in [-0.39, 0.29) is 17.2 Å². The number of carbonyl (C=O) groups excluding carboxylic acids is 1. The van der Waals surface area contributed by atoms with Gasteiger partial charge >= 0.3 is 13.1 Å². The van der Waals surface area contributed by atoms with Crippen LogP contribution in [0.5, 0.6) is 5.75 Å². The van der Waals surface area contributed by atoms with Crippen LogP contribution in [0, 0.1) is 0 Å². The lowest BCUT2D eigenvalue weighted by Gasteiger charge is -2.32. The van der Waals surface area contributed by atoms with Gasteiger partial charge < -0.3 is 29.6 Å². The van der Waals surface area contributed by atoms with Gasteiger partial charge in [-0.3, -0.25) is 0 Å². The molecule has 0 saturated carbocycles. The van der Waals surface area contributed by atoms with Crippen molar-refractivity contribution in [2.45, 2.75) is 38.9 Å². The fraction of sp³-hybridized carbons (Fsp3) is 0.435. The molecule has 0 atom stereocenters. The van der Waals surface area contributed by atoms with Crippen LogP contribution >= 0.6 is 0 Å². The second-order valence-electron chi connectivity index (χ2n) is 8.97. The van der Waals surface area contributed by atoms with E-state index in [4.69, 9.17) is 14.0 Å². The number of rotatable bonds is 7. The second-order valence-corrected chi connectivity index (χ2v) is 8.97. The van der Waals surface area contributed by atoms with Gasteiger partial charge in [0, 0.05) is 17.9 Å². The lowest BCUT2D eigenvalue weighted by Crippen LogP contribution is -2.41. The summed E-state index contributed by atoms with van der Waals surface area (Å²) in [6, 6.07) is 14.5. The van der Waals surface area contributed by atoms with E-state index in [1.807, 2.05) is 90.3 Å². The van der Waals surface area contributed by atoms with E-state index in [9.17, 15) is 4.79 Å². The Morgan fingerprint density at radius 1 is 0.903 bits per heavy atom. The molecule has 8 heteroatoms. The molecule has 0 unspecified atom stereocenters. The van der Waals surface area contributed by atoms with Crippen molar-refractivity contribution in [1.82, 2.24) is 4.90 Å². The number of nitrogens with one attached hydrogen (secondary N) is 2. The summed E-state index contributed by atoms with van der Waals surface area (Å²) in [5.74, 6) is 0.770. The molecule has 1 heterocycles. The predicted molar refractivity (Wildman–Crippen MR) is 125 cm³/mol. The third-order valence-corrected chi connectivity index (χ3v) is 5.61. The first-order chi connectivity index (χ1) is 14.6. The Labute approximate surface area is 185 Å². The van der Waals surface area contributed by atoms with E-state index in [0.717, 1.165) is 17.8 Å². The van der Waals surface area contributed by atoms with Crippen LogP contribution < -0.4 is 20.8 Å². The van der Waals surface area contributed by atoms with Gasteiger partial charge in [-0.2, -0.15) is 0 Å². The summed E-state index contributed by atoms with van der Waals surface area (Å²) in [5, 5.41) is 5.65. The van der Waals surface area contributed by atoms with Gasteiger partial charge in [0.15, 0.2) is 0 Å². The number of likely N-dealkylation sites (N-methyl/N-ethyl adjacent to an activating group) is 1. The molecule has 2 N–H and O–H groups in total. The zero-order chi connectivity index (χ0) is 22.6. The molecule has 3 rings (SSSR count). The largest absolute Gasteiger partial charge is 0.494 e. The van der Waals surface area contributed by atoms with E-state index in [1.54, 1.807) is 0 Å². The van der Waals surface area contributed by atoms with Crippen molar-refractivity contribution >= 4 is 30.0 Å². The Bertz CT molecular complexity index is 867. The molecule has 1 fully saturated rings. The van der Waals surface area contributed by atoms with Crippen LogP contribution in [0.15, 0.2) is 48.5 Å². The van der Waals surface area contributed by atoms with Crippen LogP contribution in [0.25, 0.3) is 0 Å². The molecule has 2 aromatic rings. The Morgan fingerprint density at radius 3 is 1.87 bits per heavy atom. The van der Waals surface area contributed by atoms with Crippen molar-refractivity contribution in [2.24, 2.45) is 0 Å². The third-order valence-electron chi connectivity index (χ3n) is 5.61. The first-order valence-corrected chi connectivity index (χ1v) is 10.5. The minimum absolute atomic E-state index is 0.315. The summed E-state index contributed by atoms with van der Waals surface area (Å²) < 4.78 is 17.8. The molecule has 0 bridgehead atoms. The van der Waals surface area contributed by atoms with Gasteiger partial charge in [-0.15, -0.1) is 0 Å². The van der Waals surface area contributed by atoms with Gasteiger partial charge in [0.05, 0.1) is 11.2 Å². The molecular weight excluding hydrogens is 393 g/mol. The predicted octanol–water partition coefficient (Wildman–Crippen LogP) is 3.57. The number of anilines is 2. The number of hydrogen-bond acceptors (Lipinski definition) is 5. The third kappa shape index (κ3) is 6.00. The van der Waals surface area contributed by atoms with E-state index in [0.29, 0.717) is 18.0 Å². The maximum atomic E-state index is 12.3. The number of benzene rings is 2. The van der Waals surface area contributed by atoms with Crippen molar-refractivity contribution < 1.29 is 18.8 Å². The average molecular weight is 425 g/mol. The molecule has 1 aliphatic heterocycles. The Morgan fingerprint density at radius 2 is 1.39 bits per heavy atom. The summed E-state index contributed by atoms with van der Waals surface area (Å²) in [6.45, 7) is 9.55. The van der Waals surface area contributed by atoms with Crippen LogP contribution in [0.1, 0.15) is 27.7 Å². The van der Waals surface area contributed by atoms with Crippen molar-refractivity contribution in [3.05, 3.63) is 48.5 Å². The lowest BCUT2D eigenvalue weighted by molar-refractivity contribution is 0.00578. The van der Waals surface area contributed by atoms with Crippen LogP contribution in [0.2, 0.25) is 0 Å². The average Bonchev–Trinajstić information content (AvgIpc) is 2.91. The van der Waals surface area contributed by atoms with Crippen molar-refractivity contribution in [3.63, 3.8) is 0 Å². The first-order valence-electron chi connectivity index (χ1n) is 10.5. The Kier molecular flexibility index (Phi) is 6.94. The fourth-order valence-electron chi connectivity index (χ4n) is 2.98. The number of nitrogens with zero attached hydrogens (tertiary/aromatic N) is 1. The van der Waals surface area contributed by atoms with Gasteiger partial charge in [-0.05, 0) is 83.7 Å². The molecular formula is C23H32BN3O4. The molecule has 0 aliphatic carbocycles. The Balaban J connectivity index is 1.51. The molecule has 0 aromatic heterocycles. The lowest BCUT2D eigenvalue weighted by atomic mass is 9.79. The van der Waals surface area contributed by atoms with Gasteiger partial charge in [0.25, 0.3) is 0 Å². The summed E-state index contributed by atoms with van der Waals surface area (Å²) in [5.41, 5.74) is 1.50. The minimum atomic E-state index is -0.425. The molecule has 7 nitrogen and oxygen atoms in total. The summed E-state index contributed by atoms with van der Waals surface area (Å²) in [6.07, 6.45) is 0. The van der Waals surface area contributed by atoms with E-state index < -0.39 is 7.12 Å². The summed E-state index contributed by atoms with van der Waals surface area (Å²) in [4.78, 5) is 14.4. The number of amides is 2. The number of carbonyl (C=O) groups is 1. The second kappa shape index (κ2) is 9.30. The highest BCUT2D eigenvalue weighted by Gasteiger charge is 2.51. The summed E-state index contributed by atoms with van der Waals surface area (Å²) >= 11 is 0. The van der Waals surface area contributed by atoms with Crippen molar-refractivity contribution in [1.29, 1.82) is 0 Å². The van der Waals surface area contributed by atoms with Gasteiger partial charge in [0.2, 0.25) is 0 Å². The van der Waals surface area contributed by atoms with Gasteiger partial charge in [0.1, 0.15) is 12.4 Å². The zero-order valence-electron chi connectivity index (χ0n) is 19.2. The molecule has 2 aromatic carbocycles. The van der Waals surface area contributed by atoms with E-state index >= 15 is 0 Å². The first kappa shape index (κ1) is 23.1. The molecule has 0 radical (unpaired) electrons. The quantitative estimate of drug-likeness (QED) is 0.664. The fourth-order valence-corrected chi connectivity index (χ4v) is 2.98. The zero-order valence-corrected chi connectivity index (χ0v) is 19.2. The highest BCUT2D eigenvalue weighted by molar-refractivity contribution is 6.62. The molecule has 1 saturated heterocycles. The van der Waals surface area contributed by atoms with Crippen LogP contribution in [-0.4, -0.2) is 56.5 Å². The number of urea groups is 1. The van der Waals surface area contributed by atoms with Crippen LogP contribution in [-0.2, 0) is 9.31 Å². The number of ether oxygens (including phenoxy) is 1. The normalized spacial score (nSPS) is 16.9. The van der Waals surface area contributed by atoms with Crippen molar-refractivity contribution in [2.75, 3.05) is 37.9 Å². The smallest absolute Gasteiger partial charge is 0.492 e. The van der Waals surface area contributed by atoms with Crippen molar-refractivity contribution in [3.8, 4) is 5.75 Å². The molecule has 0 spiro atoms. The van der Waals surface area contributed by atoms with Crippen LogP contribution in [0.3, 0.4) is 0 Å². The highest BCUT2D eigenvalue weighted by Crippen LogP contribution is 2.36. The van der Waals surface area contributed by atoms with E-state index in [2.05, 4.69) is 15.5 Å². The SMILES string of the molecule is CN(C)CCOc1ccc(NC(=O)Nc2ccc(B3OC(C)(C)C(C)(C)O3)cc2)cc1. The molecule has 2 amide bonds. The molecule has 31 heavy (non-hydrogen) atoms. The Hall–Kier alpha value is -2.55. The highest BCUT2D eigenvalue weighted by atomic mass is 16.7. The molecule has 166 valence electrons. The van der Waals surface area contributed by atoms with Gasteiger partial charge in [-0.1, -0.05) is 12.1 Å². The topological polar surface area (TPSA) is 72.1 Å². The van der Waals surface area contributed by atoms with E-state index in [1.165, 1.54) is 0 Å². The monoisotopic (exact) mass is 425 g/mol. The minimum Gasteiger partial charge on any atom is -0.492 e. The standard InChI is InChI=1S/C23H32BN3O4/c1-22(2)23(3,4)31-24(30-22)17-7-9-18(10-8-17)25-21(28)26-19-11-13-20(14-12-19)29-16-15-27(5)6/h7-14H,15-16H2,1-6H3,(H2,25,26,28).